The Labute approximate surface area is 90.4 Å². The maximum atomic E-state index is 11.3. The van der Waals surface area contributed by atoms with Crippen molar-refractivity contribution in [3.05, 3.63) is 0 Å². The van der Waals surface area contributed by atoms with E-state index in [1.54, 1.807) is 6.92 Å². The standard InChI is InChI=1S/C10H20N2O3/c1-6(2)5-8(10(14)15-4)12-9(13)7(3)11/h6-8H,5,11H2,1-4H3,(H,12,13)/t7?,8-/m0/s1. The van der Waals surface area contributed by atoms with Crippen LogP contribution in [0.25, 0.3) is 0 Å². The van der Waals surface area contributed by atoms with Crippen molar-refractivity contribution in [2.24, 2.45) is 11.7 Å². The molecule has 0 aliphatic carbocycles. The number of nitrogens with two attached hydrogens (primary N) is 1. The third-order valence-corrected chi connectivity index (χ3v) is 1.92. The summed E-state index contributed by atoms with van der Waals surface area (Å²) < 4.78 is 4.60. The van der Waals surface area contributed by atoms with Crippen LogP contribution in [-0.2, 0) is 14.3 Å². The second kappa shape index (κ2) is 6.40. The van der Waals surface area contributed by atoms with Gasteiger partial charge < -0.3 is 15.8 Å². The van der Waals surface area contributed by atoms with E-state index in [0.29, 0.717) is 12.3 Å². The molecule has 88 valence electrons. The molecule has 0 rings (SSSR count). The summed E-state index contributed by atoms with van der Waals surface area (Å²) in [5.74, 6) is -0.480. The molecule has 0 radical (unpaired) electrons. The first-order chi connectivity index (χ1) is 6.88. The summed E-state index contributed by atoms with van der Waals surface area (Å²) in [5.41, 5.74) is 5.39. The van der Waals surface area contributed by atoms with E-state index in [1.807, 2.05) is 13.8 Å². The topological polar surface area (TPSA) is 81.4 Å². The smallest absolute Gasteiger partial charge is 0.328 e. The van der Waals surface area contributed by atoms with Gasteiger partial charge in [0.05, 0.1) is 13.2 Å². The van der Waals surface area contributed by atoms with E-state index in [4.69, 9.17) is 5.73 Å². The Balaban J connectivity index is 4.37. The molecule has 0 spiro atoms. The van der Waals surface area contributed by atoms with E-state index in [0.717, 1.165) is 0 Å². The summed E-state index contributed by atoms with van der Waals surface area (Å²) in [6.45, 7) is 5.50. The highest BCUT2D eigenvalue weighted by Crippen LogP contribution is 2.06. The number of hydrogen-bond acceptors (Lipinski definition) is 4. The highest BCUT2D eigenvalue weighted by Gasteiger charge is 2.23. The van der Waals surface area contributed by atoms with Crippen LogP contribution in [0.1, 0.15) is 27.2 Å². The van der Waals surface area contributed by atoms with Gasteiger partial charge in [-0.1, -0.05) is 13.8 Å². The van der Waals surface area contributed by atoms with Crippen molar-refractivity contribution in [3.8, 4) is 0 Å². The molecular formula is C10H20N2O3. The fourth-order valence-corrected chi connectivity index (χ4v) is 1.13. The van der Waals surface area contributed by atoms with E-state index >= 15 is 0 Å². The SMILES string of the molecule is COC(=O)[C@H](CC(C)C)NC(=O)C(C)N. The molecule has 0 aliphatic heterocycles. The second-order valence-electron chi connectivity index (χ2n) is 4.00. The number of amides is 1. The maximum absolute atomic E-state index is 11.3. The molecule has 0 aromatic rings. The zero-order valence-electron chi connectivity index (χ0n) is 9.74. The lowest BCUT2D eigenvalue weighted by Gasteiger charge is -2.19. The first-order valence-electron chi connectivity index (χ1n) is 5.02. The average Bonchev–Trinajstić information content (AvgIpc) is 2.14. The van der Waals surface area contributed by atoms with Crippen molar-refractivity contribution in [1.29, 1.82) is 0 Å². The van der Waals surface area contributed by atoms with Crippen LogP contribution in [0.5, 0.6) is 0 Å². The van der Waals surface area contributed by atoms with E-state index in [2.05, 4.69) is 10.1 Å². The average molecular weight is 216 g/mol. The highest BCUT2D eigenvalue weighted by atomic mass is 16.5. The molecular weight excluding hydrogens is 196 g/mol. The molecule has 5 nitrogen and oxygen atoms in total. The predicted molar refractivity (Wildman–Crippen MR) is 57.1 cm³/mol. The maximum Gasteiger partial charge on any atom is 0.328 e. The van der Waals surface area contributed by atoms with Crippen LogP contribution in [0.4, 0.5) is 0 Å². The van der Waals surface area contributed by atoms with Gasteiger partial charge in [-0.2, -0.15) is 0 Å². The third-order valence-electron chi connectivity index (χ3n) is 1.92. The Morgan fingerprint density at radius 1 is 1.33 bits per heavy atom. The van der Waals surface area contributed by atoms with Crippen LogP contribution in [-0.4, -0.2) is 31.1 Å². The molecule has 0 bridgehead atoms. The minimum Gasteiger partial charge on any atom is -0.467 e. The van der Waals surface area contributed by atoms with Crippen molar-refractivity contribution in [2.45, 2.75) is 39.3 Å². The number of rotatable bonds is 5. The van der Waals surface area contributed by atoms with E-state index < -0.39 is 18.1 Å². The van der Waals surface area contributed by atoms with Gasteiger partial charge in [-0.25, -0.2) is 4.79 Å². The van der Waals surface area contributed by atoms with Gasteiger partial charge in [-0.3, -0.25) is 4.79 Å². The molecule has 0 aromatic carbocycles. The summed E-state index contributed by atoms with van der Waals surface area (Å²) in [4.78, 5) is 22.6. The molecule has 2 atom stereocenters. The van der Waals surface area contributed by atoms with Crippen molar-refractivity contribution >= 4 is 11.9 Å². The minimum absolute atomic E-state index is 0.294. The molecule has 15 heavy (non-hydrogen) atoms. The largest absolute Gasteiger partial charge is 0.467 e. The number of hydrogen-bond donors (Lipinski definition) is 2. The Bertz CT molecular complexity index is 227. The number of carbonyl (C=O) groups excluding carboxylic acids is 2. The quantitative estimate of drug-likeness (QED) is 0.636. The zero-order chi connectivity index (χ0) is 12.0. The fraction of sp³-hybridized carbons (Fsp3) is 0.800. The summed E-state index contributed by atoms with van der Waals surface area (Å²) in [6.07, 6.45) is 0.547. The van der Waals surface area contributed by atoms with Gasteiger partial charge in [0, 0.05) is 0 Å². The van der Waals surface area contributed by atoms with Crippen LogP contribution in [0.15, 0.2) is 0 Å². The molecule has 3 N–H and O–H groups in total. The third kappa shape index (κ3) is 5.37. The molecule has 0 aromatic heterocycles. The van der Waals surface area contributed by atoms with Crippen LogP contribution in [0.3, 0.4) is 0 Å². The lowest BCUT2D eigenvalue weighted by molar-refractivity contribution is -0.145. The van der Waals surface area contributed by atoms with Crippen molar-refractivity contribution in [3.63, 3.8) is 0 Å². The predicted octanol–water partition coefficient (Wildman–Crippen LogP) is 0.0375. The van der Waals surface area contributed by atoms with Crippen LogP contribution < -0.4 is 11.1 Å². The second-order valence-corrected chi connectivity index (χ2v) is 4.00. The van der Waals surface area contributed by atoms with E-state index in [9.17, 15) is 9.59 Å². The van der Waals surface area contributed by atoms with Gasteiger partial charge in [0.25, 0.3) is 0 Å². The van der Waals surface area contributed by atoms with Crippen molar-refractivity contribution in [1.82, 2.24) is 5.32 Å². The first kappa shape index (κ1) is 13.9. The van der Waals surface area contributed by atoms with E-state index in [1.165, 1.54) is 7.11 Å². The van der Waals surface area contributed by atoms with Gasteiger partial charge in [0.15, 0.2) is 0 Å². The number of methoxy groups -OCH3 is 1. The van der Waals surface area contributed by atoms with Gasteiger partial charge in [-0.15, -0.1) is 0 Å². The molecule has 5 heteroatoms. The van der Waals surface area contributed by atoms with Crippen LogP contribution in [0, 0.1) is 5.92 Å². The Morgan fingerprint density at radius 3 is 2.20 bits per heavy atom. The van der Waals surface area contributed by atoms with Crippen LogP contribution >= 0.6 is 0 Å². The highest BCUT2D eigenvalue weighted by molar-refractivity contribution is 5.87. The van der Waals surface area contributed by atoms with Crippen LogP contribution in [0.2, 0.25) is 0 Å². The number of ether oxygens (including phenoxy) is 1. The molecule has 0 aliphatic rings. The summed E-state index contributed by atoms with van der Waals surface area (Å²) >= 11 is 0. The molecule has 0 heterocycles. The van der Waals surface area contributed by atoms with Gasteiger partial charge >= 0.3 is 5.97 Å². The molecule has 0 saturated heterocycles. The number of esters is 1. The monoisotopic (exact) mass is 216 g/mol. The number of carbonyl (C=O) groups is 2. The normalized spacial score (nSPS) is 14.5. The molecule has 1 unspecified atom stereocenters. The Kier molecular flexibility index (Phi) is 5.93. The molecule has 1 amide bonds. The zero-order valence-corrected chi connectivity index (χ0v) is 9.74. The Hall–Kier alpha value is -1.10. The van der Waals surface area contributed by atoms with Gasteiger partial charge in [0.1, 0.15) is 6.04 Å². The summed E-state index contributed by atoms with van der Waals surface area (Å²) in [6, 6.07) is -1.22. The molecule has 0 fully saturated rings. The number of nitrogens with one attached hydrogen (secondary N) is 1. The first-order valence-corrected chi connectivity index (χ1v) is 5.02. The Morgan fingerprint density at radius 2 is 1.87 bits per heavy atom. The van der Waals surface area contributed by atoms with Gasteiger partial charge in [0.2, 0.25) is 5.91 Å². The van der Waals surface area contributed by atoms with E-state index in [-0.39, 0.29) is 5.91 Å². The van der Waals surface area contributed by atoms with Gasteiger partial charge in [-0.05, 0) is 19.3 Å². The summed E-state index contributed by atoms with van der Waals surface area (Å²) in [5, 5.41) is 2.56. The minimum atomic E-state index is -0.621. The van der Waals surface area contributed by atoms with Crippen molar-refractivity contribution < 1.29 is 14.3 Å². The lowest BCUT2D eigenvalue weighted by Crippen LogP contribution is -2.48. The molecule has 0 saturated carbocycles. The van der Waals surface area contributed by atoms with Crippen molar-refractivity contribution in [2.75, 3.05) is 7.11 Å². The lowest BCUT2D eigenvalue weighted by atomic mass is 10.0. The fourth-order valence-electron chi connectivity index (χ4n) is 1.13. The summed E-state index contributed by atoms with van der Waals surface area (Å²) in [7, 11) is 1.30.